The van der Waals surface area contributed by atoms with E-state index in [1.807, 2.05) is 17.5 Å². The van der Waals surface area contributed by atoms with Crippen LogP contribution in [-0.2, 0) is 6.54 Å². The highest BCUT2D eigenvalue weighted by atomic mass is 35.5. The van der Waals surface area contributed by atoms with Crippen molar-refractivity contribution in [2.24, 2.45) is 5.73 Å². The van der Waals surface area contributed by atoms with Crippen LogP contribution in [0.3, 0.4) is 0 Å². The molecular weight excluding hydrogens is 408 g/mol. The SMILES string of the molecule is N[C@H]1CCCCC1c1sc2c(NCc3cccs3)cc(Cl)nc2c1C(F)F. The van der Waals surface area contributed by atoms with Gasteiger partial charge >= 0.3 is 0 Å². The van der Waals surface area contributed by atoms with Gasteiger partial charge in [-0.25, -0.2) is 13.8 Å². The van der Waals surface area contributed by atoms with Crippen LogP contribution in [0.4, 0.5) is 14.5 Å². The van der Waals surface area contributed by atoms with E-state index in [1.54, 1.807) is 17.4 Å². The summed E-state index contributed by atoms with van der Waals surface area (Å²) in [6.07, 6.45) is 1.20. The van der Waals surface area contributed by atoms with Crippen LogP contribution in [0.1, 0.15) is 53.3 Å². The molecule has 0 aliphatic heterocycles. The van der Waals surface area contributed by atoms with E-state index in [2.05, 4.69) is 10.3 Å². The minimum atomic E-state index is -2.60. The first-order valence-electron chi connectivity index (χ1n) is 8.97. The van der Waals surface area contributed by atoms with Crippen molar-refractivity contribution in [3.05, 3.63) is 44.1 Å². The average molecular weight is 428 g/mol. The molecule has 4 rings (SSSR count). The summed E-state index contributed by atoms with van der Waals surface area (Å²) in [5.74, 6) is -0.0362. The van der Waals surface area contributed by atoms with Gasteiger partial charge in [-0.3, -0.25) is 0 Å². The zero-order valence-electron chi connectivity index (χ0n) is 14.6. The zero-order valence-corrected chi connectivity index (χ0v) is 16.9. The first-order chi connectivity index (χ1) is 13.0. The minimum absolute atomic E-state index is 0.0130. The van der Waals surface area contributed by atoms with Crippen LogP contribution in [0.2, 0.25) is 5.15 Å². The normalized spacial score (nSPS) is 20.5. The molecular formula is C19H20ClF2N3S2. The van der Waals surface area contributed by atoms with E-state index in [0.29, 0.717) is 16.9 Å². The number of anilines is 1. The summed E-state index contributed by atoms with van der Waals surface area (Å²) >= 11 is 9.21. The van der Waals surface area contributed by atoms with Gasteiger partial charge in [-0.05, 0) is 24.3 Å². The van der Waals surface area contributed by atoms with Gasteiger partial charge in [0.1, 0.15) is 5.15 Å². The van der Waals surface area contributed by atoms with Crippen molar-refractivity contribution in [3.8, 4) is 0 Å². The van der Waals surface area contributed by atoms with Crippen molar-refractivity contribution in [2.45, 2.75) is 50.6 Å². The van der Waals surface area contributed by atoms with E-state index in [1.165, 1.54) is 11.3 Å². The molecule has 27 heavy (non-hydrogen) atoms. The second-order valence-electron chi connectivity index (χ2n) is 6.84. The summed E-state index contributed by atoms with van der Waals surface area (Å²) in [5.41, 5.74) is 7.37. The lowest BCUT2D eigenvalue weighted by Crippen LogP contribution is -2.31. The molecule has 1 unspecified atom stereocenters. The van der Waals surface area contributed by atoms with Gasteiger partial charge in [0.2, 0.25) is 0 Å². The Kier molecular flexibility index (Phi) is 5.64. The predicted octanol–water partition coefficient (Wildman–Crippen LogP) is 6.55. The largest absolute Gasteiger partial charge is 0.379 e. The van der Waals surface area contributed by atoms with Crippen LogP contribution in [0.15, 0.2) is 23.6 Å². The van der Waals surface area contributed by atoms with Gasteiger partial charge in [0.15, 0.2) is 0 Å². The lowest BCUT2D eigenvalue weighted by atomic mass is 9.83. The summed E-state index contributed by atoms with van der Waals surface area (Å²) in [5, 5.41) is 5.57. The van der Waals surface area contributed by atoms with Gasteiger partial charge in [-0.2, -0.15) is 0 Å². The summed E-state index contributed by atoms with van der Waals surface area (Å²) < 4.78 is 28.8. The molecule has 0 bridgehead atoms. The molecule has 0 aromatic carbocycles. The van der Waals surface area contributed by atoms with Gasteiger partial charge in [0.25, 0.3) is 6.43 Å². The van der Waals surface area contributed by atoms with Crippen molar-refractivity contribution in [1.29, 1.82) is 0 Å². The van der Waals surface area contributed by atoms with Gasteiger partial charge in [-0.1, -0.05) is 30.5 Å². The van der Waals surface area contributed by atoms with Gasteiger partial charge < -0.3 is 11.1 Å². The Balaban J connectivity index is 1.79. The van der Waals surface area contributed by atoms with E-state index in [-0.39, 0.29) is 22.7 Å². The number of nitrogens with two attached hydrogens (primary N) is 1. The smallest absolute Gasteiger partial charge is 0.267 e. The van der Waals surface area contributed by atoms with Crippen molar-refractivity contribution >= 4 is 50.2 Å². The van der Waals surface area contributed by atoms with E-state index < -0.39 is 6.43 Å². The highest BCUT2D eigenvalue weighted by molar-refractivity contribution is 7.20. The van der Waals surface area contributed by atoms with Crippen LogP contribution in [-0.4, -0.2) is 11.0 Å². The van der Waals surface area contributed by atoms with Crippen LogP contribution in [0.5, 0.6) is 0 Å². The molecule has 1 aliphatic rings. The van der Waals surface area contributed by atoms with Crippen LogP contribution < -0.4 is 11.1 Å². The second kappa shape index (κ2) is 7.99. The molecule has 1 saturated carbocycles. The second-order valence-corrected chi connectivity index (χ2v) is 9.31. The van der Waals surface area contributed by atoms with E-state index in [4.69, 9.17) is 17.3 Å². The molecule has 1 fully saturated rings. The molecule has 0 radical (unpaired) electrons. The van der Waals surface area contributed by atoms with Crippen molar-refractivity contribution in [1.82, 2.24) is 4.98 Å². The lowest BCUT2D eigenvalue weighted by molar-refractivity contribution is 0.151. The molecule has 1 aliphatic carbocycles. The van der Waals surface area contributed by atoms with Gasteiger partial charge in [0.05, 0.1) is 21.5 Å². The third-order valence-electron chi connectivity index (χ3n) is 5.08. The van der Waals surface area contributed by atoms with E-state index in [9.17, 15) is 8.78 Å². The number of nitrogens with zero attached hydrogens (tertiary/aromatic N) is 1. The Bertz CT molecular complexity index is 927. The van der Waals surface area contributed by atoms with E-state index >= 15 is 0 Å². The number of pyridine rings is 1. The molecule has 8 heteroatoms. The Hall–Kier alpha value is -1.28. The maximum atomic E-state index is 14.0. The Morgan fingerprint density at radius 3 is 2.85 bits per heavy atom. The fourth-order valence-electron chi connectivity index (χ4n) is 3.77. The Morgan fingerprint density at radius 1 is 1.33 bits per heavy atom. The molecule has 3 aromatic rings. The quantitative estimate of drug-likeness (QED) is 0.454. The topological polar surface area (TPSA) is 50.9 Å². The molecule has 3 N–H and O–H groups in total. The Morgan fingerprint density at radius 2 is 2.15 bits per heavy atom. The number of aromatic nitrogens is 1. The maximum Gasteiger partial charge on any atom is 0.267 e. The summed E-state index contributed by atoms with van der Waals surface area (Å²) in [6.45, 7) is 0.618. The Labute approximate surface area is 169 Å². The molecule has 0 spiro atoms. The number of alkyl halides is 2. The zero-order chi connectivity index (χ0) is 19.0. The van der Waals surface area contributed by atoms with Crippen molar-refractivity contribution in [2.75, 3.05) is 5.32 Å². The number of hydrogen-bond acceptors (Lipinski definition) is 5. The summed E-state index contributed by atoms with van der Waals surface area (Å²) in [6, 6.07) is 5.65. The molecule has 0 amide bonds. The average Bonchev–Trinajstić information content (AvgIpc) is 3.27. The minimum Gasteiger partial charge on any atom is -0.379 e. The lowest BCUT2D eigenvalue weighted by Gasteiger charge is -2.28. The molecule has 3 heterocycles. The summed E-state index contributed by atoms with van der Waals surface area (Å²) in [4.78, 5) is 6.11. The molecule has 3 aromatic heterocycles. The number of nitrogens with one attached hydrogen (secondary N) is 1. The van der Waals surface area contributed by atoms with Crippen LogP contribution >= 0.6 is 34.3 Å². The first kappa shape index (κ1) is 19.1. The summed E-state index contributed by atoms with van der Waals surface area (Å²) in [7, 11) is 0. The highest BCUT2D eigenvalue weighted by Crippen LogP contribution is 2.47. The number of fused-ring (bicyclic) bond motifs is 1. The fourth-order valence-corrected chi connectivity index (χ4v) is 6.06. The number of halogens is 3. The number of hydrogen-bond donors (Lipinski definition) is 2. The number of rotatable bonds is 5. The molecule has 144 valence electrons. The third-order valence-corrected chi connectivity index (χ3v) is 7.51. The van der Waals surface area contributed by atoms with E-state index in [0.717, 1.165) is 40.9 Å². The van der Waals surface area contributed by atoms with Crippen LogP contribution in [0.25, 0.3) is 10.2 Å². The molecule has 0 saturated heterocycles. The molecule has 2 atom stereocenters. The standard InChI is InChI=1S/C19H20ClF2N3S2/c20-14-8-13(24-9-10-4-3-7-26-10)18-16(25-14)15(19(21)22)17(27-18)11-5-1-2-6-12(11)23/h3-4,7-8,11-12,19H,1-2,5-6,9,23H2,(H,24,25)/t11?,12-/m0/s1. The maximum absolute atomic E-state index is 14.0. The van der Waals surface area contributed by atoms with Gasteiger partial charge in [0, 0.05) is 34.3 Å². The van der Waals surface area contributed by atoms with Crippen LogP contribution in [0, 0.1) is 0 Å². The van der Waals surface area contributed by atoms with Crippen molar-refractivity contribution in [3.63, 3.8) is 0 Å². The third kappa shape index (κ3) is 3.83. The fraction of sp³-hybridized carbons (Fsp3) is 0.421. The monoisotopic (exact) mass is 427 g/mol. The molecule has 3 nitrogen and oxygen atoms in total. The highest BCUT2D eigenvalue weighted by Gasteiger charge is 2.32. The van der Waals surface area contributed by atoms with Crippen molar-refractivity contribution < 1.29 is 8.78 Å². The predicted molar refractivity (Wildman–Crippen MR) is 110 cm³/mol. The number of thiophene rings is 2. The first-order valence-corrected chi connectivity index (χ1v) is 11.0. The van der Waals surface area contributed by atoms with Gasteiger partial charge in [-0.15, -0.1) is 22.7 Å².